The van der Waals surface area contributed by atoms with Crippen molar-refractivity contribution >= 4 is 22.4 Å². The van der Waals surface area contributed by atoms with Crippen LogP contribution in [-0.4, -0.2) is 30.1 Å². The van der Waals surface area contributed by atoms with Crippen molar-refractivity contribution in [1.29, 1.82) is 0 Å². The monoisotopic (exact) mass is 372 g/mol. The summed E-state index contributed by atoms with van der Waals surface area (Å²) >= 11 is 1.63. The fourth-order valence-electron chi connectivity index (χ4n) is 3.53. The maximum Gasteiger partial charge on any atom is 0.266 e. The number of anilines is 1. The number of ether oxygens (including phenoxy) is 2. The zero-order valence-electron chi connectivity index (χ0n) is 15.5. The lowest BCUT2D eigenvalue weighted by Crippen LogP contribution is -2.31. The number of para-hydroxylation sites is 1. The smallest absolute Gasteiger partial charge is 0.266 e. The molecule has 0 N–H and O–H groups in total. The van der Waals surface area contributed by atoms with Crippen LogP contribution in [-0.2, 0) is 24.1 Å². The fourth-order valence-corrected chi connectivity index (χ4v) is 4.65. The number of aryl methyl sites for hydroxylation is 2. The standard InChI is InChI=1S/C20H24N2O3S/c1-20(2)11-13-7-6-9-15(18(13)25-20)24-12-17(23)22(3)19-21-14-8-4-5-10-16(14)26-19/h6-7,9H,4-5,8,10-12H2,1-3H3. The summed E-state index contributed by atoms with van der Waals surface area (Å²) in [6.45, 7) is 4.08. The van der Waals surface area contributed by atoms with Crippen molar-refractivity contribution in [2.24, 2.45) is 0 Å². The number of benzene rings is 1. The molecule has 0 fully saturated rings. The molecule has 138 valence electrons. The minimum Gasteiger partial charge on any atom is -0.483 e. The van der Waals surface area contributed by atoms with E-state index in [0.717, 1.165) is 41.4 Å². The fraction of sp³-hybridized carbons (Fsp3) is 0.500. The molecule has 26 heavy (non-hydrogen) atoms. The van der Waals surface area contributed by atoms with Gasteiger partial charge in [0, 0.05) is 23.9 Å². The molecule has 0 saturated heterocycles. The average molecular weight is 372 g/mol. The van der Waals surface area contributed by atoms with Crippen LogP contribution >= 0.6 is 11.3 Å². The van der Waals surface area contributed by atoms with Crippen LogP contribution in [0.3, 0.4) is 0 Å². The number of aromatic nitrogens is 1. The molecule has 2 heterocycles. The van der Waals surface area contributed by atoms with Crippen molar-refractivity contribution in [3.05, 3.63) is 34.3 Å². The molecule has 1 aliphatic heterocycles. The molecule has 0 atom stereocenters. The Morgan fingerprint density at radius 1 is 1.35 bits per heavy atom. The lowest BCUT2D eigenvalue weighted by atomic mass is 10.0. The first-order valence-electron chi connectivity index (χ1n) is 9.12. The topological polar surface area (TPSA) is 51.7 Å². The molecule has 4 rings (SSSR count). The molecule has 2 aromatic rings. The SMILES string of the molecule is CN(C(=O)COc1cccc2c1OC(C)(C)C2)c1nc2c(s1)CCCC2. The molecule has 1 aromatic carbocycles. The van der Waals surface area contributed by atoms with Crippen molar-refractivity contribution in [3.63, 3.8) is 0 Å². The highest BCUT2D eigenvalue weighted by atomic mass is 32.1. The maximum atomic E-state index is 12.6. The lowest BCUT2D eigenvalue weighted by molar-refractivity contribution is -0.120. The van der Waals surface area contributed by atoms with Crippen LogP contribution in [0.2, 0.25) is 0 Å². The van der Waals surface area contributed by atoms with E-state index in [9.17, 15) is 4.79 Å². The highest BCUT2D eigenvalue weighted by Crippen LogP contribution is 2.41. The third kappa shape index (κ3) is 3.30. The number of thiazole rings is 1. The van der Waals surface area contributed by atoms with E-state index in [1.165, 1.54) is 17.7 Å². The molecule has 1 aromatic heterocycles. The van der Waals surface area contributed by atoms with Gasteiger partial charge in [0.15, 0.2) is 23.2 Å². The number of rotatable bonds is 4. The molecule has 0 spiro atoms. The van der Waals surface area contributed by atoms with Crippen LogP contribution in [0.5, 0.6) is 11.5 Å². The van der Waals surface area contributed by atoms with Gasteiger partial charge >= 0.3 is 0 Å². The molecule has 1 amide bonds. The van der Waals surface area contributed by atoms with Gasteiger partial charge in [0.2, 0.25) is 0 Å². The summed E-state index contributed by atoms with van der Waals surface area (Å²) in [7, 11) is 1.77. The van der Waals surface area contributed by atoms with Gasteiger partial charge in [0.05, 0.1) is 5.69 Å². The molecular weight excluding hydrogens is 348 g/mol. The molecule has 0 radical (unpaired) electrons. The molecule has 0 bridgehead atoms. The first-order valence-corrected chi connectivity index (χ1v) is 9.93. The number of hydrogen-bond acceptors (Lipinski definition) is 5. The van der Waals surface area contributed by atoms with E-state index in [4.69, 9.17) is 9.47 Å². The van der Waals surface area contributed by atoms with E-state index in [1.54, 1.807) is 23.3 Å². The first-order chi connectivity index (χ1) is 12.4. The third-order valence-electron chi connectivity index (χ3n) is 4.90. The minimum absolute atomic E-state index is 0.0268. The number of likely N-dealkylation sites (N-methyl/N-ethyl adjacent to an activating group) is 1. The van der Waals surface area contributed by atoms with E-state index >= 15 is 0 Å². The van der Waals surface area contributed by atoms with Gasteiger partial charge in [0.1, 0.15) is 5.60 Å². The zero-order valence-corrected chi connectivity index (χ0v) is 16.3. The van der Waals surface area contributed by atoms with Gasteiger partial charge in [-0.3, -0.25) is 9.69 Å². The first kappa shape index (κ1) is 17.3. The van der Waals surface area contributed by atoms with Crippen LogP contribution in [0.25, 0.3) is 0 Å². The zero-order chi connectivity index (χ0) is 18.3. The van der Waals surface area contributed by atoms with Crippen molar-refractivity contribution < 1.29 is 14.3 Å². The van der Waals surface area contributed by atoms with E-state index in [0.29, 0.717) is 5.75 Å². The minimum atomic E-state index is -0.234. The van der Waals surface area contributed by atoms with Gasteiger partial charge in [-0.1, -0.05) is 12.1 Å². The summed E-state index contributed by atoms with van der Waals surface area (Å²) in [5.41, 5.74) is 2.05. The Balaban J connectivity index is 1.43. The van der Waals surface area contributed by atoms with Gasteiger partial charge < -0.3 is 9.47 Å². The Kier molecular flexibility index (Phi) is 4.39. The Hall–Kier alpha value is -2.08. The van der Waals surface area contributed by atoms with E-state index < -0.39 is 0 Å². The molecule has 0 unspecified atom stereocenters. The Labute approximate surface area is 157 Å². The highest BCUT2D eigenvalue weighted by Gasteiger charge is 2.32. The molecular formula is C20H24N2O3S. The number of fused-ring (bicyclic) bond motifs is 2. The third-order valence-corrected chi connectivity index (χ3v) is 6.14. The summed E-state index contributed by atoms with van der Waals surface area (Å²) in [6, 6.07) is 5.85. The van der Waals surface area contributed by atoms with Crippen LogP contribution in [0, 0.1) is 0 Å². The predicted octanol–water partition coefficient (Wildman–Crippen LogP) is 3.78. The predicted molar refractivity (Wildman–Crippen MR) is 103 cm³/mol. The van der Waals surface area contributed by atoms with Crippen molar-refractivity contribution in [1.82, 2.24) is 4.98 Å². The van der Waals surface area contributed by atoms with Crippen LogP contribution in [0.1, 0.15) is 42.8 Å². The summed E-state index contributed by atoms with van der Waals surface area (Å²) < 4.78 is 11.8. The number of carbonyl (C=O) groups excluding carboxylic acids is 1. The van der Waals surface area contributed by atoms with Crippen molar-refractivity contribution in [2.75, 3.05) is 18.6 Å². The summed E-state index contributed by atoms with van der Waals surface area (Å²) in [5.74, 6) is 1.29. The van der Waals surface area contributed by atoms with Gasteiger partial charge in [-0.05, 0) is 45.6 Å². The molecule has 6 heteroatoms. The maximum absolute atomic E-state index is 12.6. The Bertz CT molecular complexity index is 820. The van der Waals surface area contributed by atoms with Crippen LogP contribution < -0.4 is 14.4 Å². The van der Waals surface area contributed by atoms with Crippen molar-refractivity contribution in [3.8, 4) is 11.5 Å². The van der Waals surface area contributed by atoms with E-state index in [2.05, 4.69) is 18.8 Å². The number of hydrogen-bond donors (Lipinski definition) is 0. The highest BCUT2D eigenvalue weighted by molar-refractivity contribution is 7.15. The average Bonchev–Trinajstić information content (AvgIpc) is 3.18. The van der Waals surface area contributed by atoms with Crippen molar-refractivity contribution in [2.45, 2.75) is 51.6 Å². The lowest BCUT2D eigenvalue weighted by Gasteiger charge is -2.19. The van der Waals surface area contributed by atoms with Gasteiger partial charge in [0.25, 0.3) is 5.91 Å². The summed E-state index contributed by atoms with van der Waals surface area (Å²) in [6.07, 6.45) is 5.35. The molecule has 2 aliphatic rings. The number of nitrogens with zero attached hydrogens (tertiary/aromatic N) is 2. The van der Waals surface area contributed by atoms with E-state index in [-0.39, 0.29) is 18.1 Å². The van der Waals surface area contributed by atoms with E-state index in [1.807, 2.05) is 18.2 Å². The second-order valence-corrected chi connectivity index (χ2v) is 8.66. The second-order valence-electron chi connectivity index (χ2n) is 7.60. The summed E-state index contributed by atoms with van der Waals surface area (Å²) in [5, 5.41) is 0.765. The van der Waals surface area contributed by atoms with Gasteiger partial charge in [-0.15, -0.1) is 11.3 Å². The Morgan fingerprint density at radius 3 is 2.96 bits per heavy atom. The number of amides is 1. The molecule has 1 aliphatic carbocycles. The van der Waals surface area contributed by atoms with Crippen LogP contribution in [0.15, 0.2) is 18.2 Å². The molecule has 5 nitrogen and oxygen atoms in total. The largest absolute Gasteiger partial charge is 0.483 e. The number of carbonyl (C=O) groups is 1. The quantitative estimate of drug-likeness (QED) is 0.820. The molecule has 0 saturated carbocycles. The van der Waals surface area contributed by atoms with Gasteiger partial charge in [-0.25, -0.2) is 4.98 Å². The second kappa shape index (κ2) is 6.58. The normalized spacial score (nSPS) is 17.2. The summed E-state index contributed by atoms with van der Waals surface area (Å²) in [4.78, 5) is 20.2. The van der Waals surface area contributed by atoms with Gasteiger partial charge in [-0.2, -0.15) is 0 Å². The van der Waals surface area contributed by atoms with Crippen LogP contribution in [0.4, 0.5) is 5.13 Å². The Morgan fingerprint density at radius 2 is 2.15 bits per heavy atom.